The van der Waals surface area contributed by atoms with Gasteiger partial charge >= 0.3 is 5.97 Å². The van der Waals surface area contributed by atoms with Crippen LogP contribution in [0.1, 0.15) is 51.1 Å². The Bertz CT molecular complexity index is 1380. The average molecular weight is 632 g/mol. The van der Waals surface area contributed by atoms with E-state index in [0.717, 1.165) is 30.8 Å². The van der Waals surface area contributed by atoms with Gasteiger partial charge in [-0.05, 0) is 69.4 Å². The number of thioether (sulfide) groups is 1. The van der Waals surface area contributed by atoms with Gasteiger partial charge in [0.15, 0.2) is 0 Å². The third kappa shape index (κ3) is 5.92. The van der Waals surface area contributed by atoms with E-state index in [1.807, 2.05) is 54.6 Å². The fourth-order valence-corrected chi connectivity index (χ4v) is 9.72. The molecule has 0 saturated carbocycles. The predicted octanol–water partition coefficient (Wildman–Crippen LogP) is 5.39. The van der Waals surface area contributed by atoms with Crippen molar-refractivity contribution < 1.29 is 24.2 Å². The standard InChI is InChI=1S/C36H45N3O5S/c1-5-9-13-23-44-35(43)30-29-20-21-36(45-29)31(30)33(41)39(28(24-40)25-14-11-10-12-15-25)32(36)34(42)38(22-6-2)27-18-16-26(17-19-27)37(7-3)8-4/h5-6,10-12,14-19,28-32,40H,1-2,7-9,13,20-24H2,3-4H3/t28-,29-,30+,31+,32?,36?/m1/s1. The summed E-state index contributed by atoms with van der Waals surface area (Å²) in [5.74, 6) is -2.23. The largest absolute Gasteiger partial charge is 0.465 e. The molecule has 2 amide bonds. The van der Waals surface area contributed by atoms with Crippen molar-refractivity contribution in [3.05, 3.63) is 85.5 Å². The lowest BCUT2D eigenvalue weighted by atomic mass is 9.71. The number of aliphatic hydroxyl groups is 1. The Morgan fingerprint density at radius 1 is 1.09 bits per heavy atom. The molecule has 2 aromatic carbocycles. The van der Waals surface area contributed by atoms with Crippen LogP contribution in [0.25, 0.3) is 0 Å². The summed E-state index contributed by atoms with van der Waals surface area (Å²) in [5, 5.41) is 10.7. The fraction of sp³-hybridized carbons (Fsp3) is 0.472. The Balaban J connectivity index is 1.56. The number of fused-ring (bicyclic) bond motifs is 1. The van der Waals surface area contributed by atoms with Crippen LogP contribution < -0.4 is 9.80 Å². The Kier molecular flexibility index (Phi) is 10.4. The highest BCUT2D eigenvalue weighted by atomic mass is 32.2. The zero-order valence-corrected chi connectivity index (χ0v) is 27.2. The van der Waals surface area contributed by atoms with E-state index < -0.39 is 28.7 Å². The van der Waals surface area contributed by atoms with Gasteiger partial charge in [0, 0.05) is 36.3 Å². The number of benzene rings is 2. The third-order valence-electron chi connectivity index (χ3n) is 9.60. The van der Waals surface area contributed by atoms with Crippen LogP contribution in [0.15, 0.2) is 79.9 Å². The van der Waals surface area contributed by atoms with Gasteiger partial charge in [-0.25, -0.2) is 0 Å². The van der Waals surface area contributed by atoms with E-state index in [4.69, 9.17) is 4.74 Å². The highest BCUT2D eigenvalue weighted by Gasteiger charge is 2.75. The molecule has 3 aliphatic heterocycles. The minimum atomic E-state index is -0.886. The van der Waals surface area contributed by atoms with Crippen LogP contribution in [0.4, 0.5) is 11.4 Å². The Morgan fingerprint density at radius 2 is 1.78 bits per heavy atom. The highest BCUT2D eigenvalue weighted by molar-refractivity contribution is 8.02. The smallest absolute Gasteiger partial charge is 0.310 e. The van der Waals surface area contributed by atoms with Gasteiger partial charge in [0.05, 0.1) is 35.8 Å². The van der Waals surface area contributed by atoms with Gasteiger partial charge in [-0.15, -0.1) is 24.9 Å². The molecule has 240 valence electrons. The van der Waals surface area contributed by atoms with E-state index in [2.05, 4.69) is 31.9 Å². The lowest BCUT2D eigenvalue weighted by Gasteiger charge is -2.39. The number of nitrogens with zero attached hydrogens (tertiary/aromatic N) is 3. The number of likely N-dealkylation sites (tertiary alicyclic amines) is 1. The van der Waals surface area contributed by atoms with Gasteiger partial charge < -0.3 is 24.5 Å². The molecule has 3 fully saturated rings. The molecular formula is C36H45N3O5S. The second-order valence-corrected chi connectivity index (χ2v) is 13.5. The van der Waals surface area contributed by atoms with Crippen LogP contribution in [0.3, 0.4) is 0 Å². The molecule has 2 aromatic rings. The molecule has 0 radical (unpaired) electrons. The Hall–Kier alpha value is -3.56. The summed E-state index contributed by atoms with van der Waals surface area (Å²) in [7, 11) is 0. The second-order valence-electron chi connectivity index (χ2n) is 11.9. The van der Waals surface area contributed by atoms with E-state index in [0.29, 0.717) is 24.9 Å². The molecule has 45 heavy (non-hydrogen) atoms. The minimum Gasteiger partial charge on any atom is -0.465 e. The third-order valence-corrected chi connectivity index (χ3v) is 11.6. The van der Waals surface area contributed by atoms with E-state index in [1.165, 1.54) is 0 Å². The number of aliphatic hydroxyl groups excluding tert-OH is 1. The molecule has 8 nitrogen and oxygen atoms in total. The molecule has 0 aromatic heterocycles. The first-order valence-electron chi connectivity index (χ1n) is 16.1. The SMILES string of the molecule is C=CCCCOC(=O)[C@@H]1[C@H]2C(=O)N([C@H](CO)c3ccccc3)C(C(=O)N(CC=C)c3ccc(N(CC)CC)cc3)C23CC[C@H]1S3. The van der Waals surface area contributed by atoms with Crippen LogP contribution in [0, 0.1) is 11.8 Å². The van der Waals surface area contributed by atoms with E-state index >= 15 is 0 Å². The van der Waals surface area contributed by atoms with Crippen LogP contribution in [-0.2, 0) is 19.1 Å². The molecule has 1 N–H and O–H groups in total. The van der Waals surface area contributed by atoms with Gasteiger partial charge in [-0.1, -0.05) is 42.5 Å². The summed E-state index contributed by atoms with van der Waals surface area (Å²) in [6, 6.07) is 15.6. The lowest BCUT2D eigenvalue weighted by Crippen LogP contribution is -2.56. The van der Waals surface area contributed by atoms with Crippen LogP contribution in [-0.4, -0.2) is 76.7 Å². The number of hydrogen-bond donors (Lipinski definition) is 1. The average Bonchev–Trinajstić information content (AvgIpc) is 3.71. The molecule has 2 bridgehead atoms. The van der Waals surface area contributed by atoms with Gasteiger partial charge in [-0.3, -0.25) is 14.4 Å². The molecule has 5 rings (SSSR count). The molecule has 6 atom stereocenters. The minimum absolute atomic E-state index is 0.103. The number of ether oxygens (including phenoxy) is 1. The van der Waals surface area contributed by atoms with Crippen molar-refractivity contribution in [2.75, 3.05) is 42.6 Å². The zero-order valence-electron chi connectivity index (χ0n) is 26.3. The lowest BCUT2D eigenvalue weighted by molar-refractivity contribution is -0.154. The molecule has 2 unspecified atom stereocenters. The molecule has 3 heterocycles. The number of hydrogen-bond acceptors (Lipinski definition) is 7. The summed E-state index contributed by atoms with van der Waals surface area (Å²) in [5.41, 5.74) is 2.51. The molecule has 1 spiro atoms. The van der Waals surface area contributed by atoms with Crippen molar-refractivity contribution in [3.8, 4) is 0 Å². The van der Waals surface area contributed by atoms with Crippen molar-refractivity contribution >= 4 is 40.9 Å². The maximum absolute atomic E-state index is 15.0. The van der Waals surface area contributed by atoms with Crippen molar-refractivity contribution in [2.45, 2.75) is 61.6 Å². The predicted molar refractivity (Wildman–Crippen MR) is 180 cm³/mol. The number of esters is 1. The quantitative estimate of drug-likeness (QED) is 0.160. The number of unbranched alkanes of at least 4 members (excludes halogenated alkanes) is 1. The van der Waals surface area contributed by atoms with Crippen molar-refractivity contribution in [3.63, 3.8) is 0 Å². The van der Waals surface area contributed by atoms with Crippen molar-refractivity contribution in [2.24, 2.45) is 11.8 Å². The Labute approximate surface area is 271 Å². The number of amides is 2. The summed E-state index contributed by atoms with van der Waals surface area (Å²) in [6.07, 6.45) is 6.22. The fourth-order valence-electron chi connectivity index (χ4n) is 7.53. The van der Waals surface area contributed by atoms with Crippen LogP contribution in [0.5, 0.6) is 0 Å². The first-order chi connectivity index (χ1) is 21.9. The topological polar surface area (TPSA) is 90.4 Å². The molecule has 3 aliphatic rings. The number of anilines is 2. The van der Waals surface area contributed by atoms with Gasteiger partial charge in [0.1, 0.15) is 6.04 Å². The van der Waals surface area contributed by atoms with E-state index in [-0.39, 0.29) is 42.8 Å². The van der Waals surface area contributed by atoms with Gasteiger partial charge in [0.25, 0.3) is 5.91 Å². The van der Waals surface area contributed by atoms with E-state index in [1.54, 1.807) is 33.7 Å². The Morgan fingerprint density at radius 3 is 2.40 bits per heavy atom. The van der Waals surface area contributed by atoms with E-state index in [9.17, 15) is 19.5 Å². The van der Waals surface area contributed by atoms with Gasteiger partial charge in [-0.2, -0.15) is 0 Å². The highest BCUT2D eigenvalue weighted by Crippen LogP contribution is 2.67. The first-order valence-corrected chi connectivity index (χ1v) is 16.9. The zero-order chi connectivity index (χ0) is 32.1. The number of carbonyl (C=O) groups is 3. The molecule has 3 saturated heterocycles. The van der Waals surface area contributed by atoms with Crippen molar-refractivity contribution in [1.29, 1.82) is 0 Å². The maximum atomic E-state index is 15.0. The normalized spacial score (nSPS) is 25.5. The molecular weight excluding hydrogens is 586 g/mol. The first kappa shape index (κ1) is 32.8. The van der Waals surface area contributed by atoms with Crippen LogP contribution in [0.2, 0.25) is 0 Å². The monoisotopic (exact) mass is 631 g/mol. The molecule has 0 aliphatic carbocycles. The maximum Gasteiger partial charge on any atom is 0.310 e. The molecule has 9 heteroatoms. The number of rotatable bonds is 15. The summed E-state index contributed by atoms with van der Waals surface area (Å²) in [6.45, 7) is 13.8. The summed E-state index contributed by atoms with van der Waals surface area (Å²) >= 11 is 1.60. The number of allylic oxidation sites excluding steroid dienone is 1. The summed E-state index contributed by atoms with van der Waals surface area (Å²) < 4.78 is 4.89. The summed E-state index contributed by atoms with van der Waals surface area (Å²) in [4.78, 5) is 48.7. The van der Waals surface area contributed by atoms with Crippen LogP contribution >= 0.6 is 11.8 Å². The van der Waals surface area contributed by atoms with Crippen molar-refractivity contribution in [1.82, 2.24) is 4.90 Å². The second kappa shape index (κ2) is 14.3. The number of carbonyl (C=O) groups excluding carboxylic acids is 3. The van der Waals surface area contributed by atoms with Gasteiger partial charge in [0.2, 0.25) is 5.91 Å².